The van der Waals surface area contributed by atoms with Crippen LogP contribution in [0.4, 0.5) is 4.39 Å². The molecule has 0 saturated heterocycles. The molecule has 0 N–H and O–H groups in total. The highest BCUT2D eigenvalue weighted by Gasteiger charge is 2.13. The number of halogens is 1. The first-order valence-corrected chi connectivity index (χ1v) is 7.86. The predicted molar refractivity (Wildman–Crippen MR) is 94.1 cm³/mol. The van der Waals surface area contributed by atoms with Gasteiger partial charge in [0, 0.05) is 17.3 Å². The summed E-state index contributed by atoms with van der Waals surface area (Å²) in [5.41, 5.74) is 2.41. The van der Waals surface area contributed by atoms with Crippen molar-refractivity contribution >= 4 is 11.5 Å². The Bertz CT molecular complexity index is 913. The molecule has 0 atom stereocenters. The molecule has 0 unspecified atom stereocenters. The van der Waals surface area contributed by atoms with Crippen molar-refractivity contribution in [3.05, 3.63) is 90.0 Å². The van der Waals surface area contributed by atoms with Gasteiger partial charge in [0.15, 0.2) is 5.78 Å². The van der Waals surface area contributed by atoms with Crippen molar-refractivity contribution in [2.75, 3.05) is 6.61 Å². The fourth-order valence-corrected chi connectivity index (χ4v) is 2.43. The molecule has 4 nitrogen and oxygen atoms in total. The van der Waals surface area contributed by atoms with Crippen LogP contribution in [0, 0.1) is 5.82 Å². The summed E-state index contributed by atoms with van der Waals surface area (Å²) in [4.78, 5) is 12.7. The van der Waals surface area contributed by atoms with Crippen molar-refractivity contribution in [3.8, 4) is 5.69 Å². The lowest BCUT2D eigenvalue weighted by atomic mass is 10.0. The number of aromatic nitrogens is 2. The topological polar surface area (TPSA) is 44.1 Å². The van der Waals surface area contributed by atoms with E-state index in [9.17, 15) is 9.18 Å². The third kappa shape index (κ3) is 3.66. The Morgan fingerprint density at radius 3 is 2.60 bits per heavy atom. The molecule has 0 fully saturated rings. The van der Waals surface area contributed by atoms with Gasteiger partial charge in [-0.15, -0.1) is 0 Å². The van der Waals surface area contributed by atoms with E-state index >= 15 is 0 Å². The Morgan fingerprint density at radius 2 is 1.88 bits per heavy atom. The monoisotopic (exact) mass is 336 g/mol. The first-order valence-electron chi connectivity index (χ1n) is 7.86. The molecule has 5 heteroatoms. The van der Waals surface area contributed by atoms with E-state index in [0.29, 0.717) is 29.2 Å². The SMILES string of the molecule is C=C(OCC)c1cccc(C(=O)c2cnn(-c3ccc(F)cc3)c2)c1. The molecule has 3 aromatic rings. The number of carbonyl (C=O) groups excluding carboxylic acids is 1. The Labute approximate surface area is 145 Å². The van der Waals surface area contributed by atoms with Crippen molar-refractivity contribution in [1.82, 2.24) is 9.78 Å². The number of hydrogen-bond donors (Lipinski definition) is 0. The van der Waals surface area contributed by atoms with Gasteiger partial charge in [-0.3, -0.25) is 4.79 Å². The van der Waals surface area contributed by atoms with Crippen LogP contribution in [-0.2, 0) is 4.74 Å². The van der Waals surface area contributed by atoms with E-state index < -0.39 is 0 Å². The number of hydrogen-bond acceptors (Lipinski definition) is 3. The first kappa shape index (κ1) is 16.6. The standard InChI is InChI=1S/C20H17FN2O2/c1-3-25-14(2)15-5-4-6-16(11-15)20(24)17-12-22-23(13-17)19-9-7-18(21)8-10-19/h4-13H,2-3H2,1H3. The summed E-state index contributed by atoms with van der Waals surface area (Å²) in [6.45, 7) is 6.25. The lowest BCUT2D eigenvalue weighted by molar-refractivity contribution is 0.103. The van der Waals surface area contributed by atoms with Gasteiger partial charge in [-0.05, 0) is 37.3 Å². The van der Waals surface area contributed by atoms with Crippen molar-refractivity contribution < 1.29 is 13.9 Å². The van der Waals surface area contributed by atoms with Crippen molar-refractivity contribution in [3.63, 3.8) is 0 Å². The van der Waals surface area contributed by atoms with Crippen LogP contribution in [0.1, 0.15) is 28.4 Å². The minimum atomic E-state index is -0.321. The third-order valence-corrected chi connectivity index (χ3v) is 3.70. The first-order chi connectivity index (χ1) is 12.1. The van der Waals surface area contributed by atoms with E-state index in [4.69, 9.17) is 4.74 Å². The Balaban J connectivity index is 1.85. The van der Waals surface area contributed by atoms with Crippen LogP contribution >= 0.6 is 0 Å². The van der Waals surface area contributed by atoms with E-state index in [0.717, 1.165) is 5.56 Å². The Kier molecular flexibility index (Phi) is 4.75. The largest absolute Gasteiger partial charge is 0.494 e. The molecule has 0 aliphatic carbocycles. The molecule has 126 valence electrons. The van der Waals surface area contributed by atoms with Crippen LogP contribution < -0.4 is 0 Å². The minimum Gasteiger partial charge on any atom is -0.494 e. The van der Waals surface area contributed by atoms with Gasteiger partial charge in [0.05, 0.1) is 24.1 Å². The van der Waals surface area contributed by atoms with Gasteiger partial charge in [-0.25, -0.2) is 9.07 Å². The number of ketones is 1. The maximum atomic E-state index is 13.0. The fourth-order valence-electron chi connectivity index (χ4n) is 2.43. The average molecular weight is 336 g/mol. The highest BCUT2D eigenvalue weighted by molar-refractivity contribution is 6.09. The van der Waals surface area contributed by atoms with Crippen LogP contribution in [0.3, 0.4) is 0 Å². The number of rotatable bonds is 6. The second-order valence-electron chi connectivity index (χ2n) is 5.42. The van der Waals surface area contributed by atoms with Gasteiger partial charge in [-0.1, -0.05) is 24.8 Å². The van der Waals surface area contributed by atoms with E-state index in [1.54, 1.807) is 36.5 Å². The van der Waals surface area contributed by atoms with Crippen LogP contribution in [0.5, 0.6) is 0 Å². The zero-order valence-corrected chi connectivity index (χ0v) is 13.8. The maximum absolute atomic E-state index is 13.0. The molecule has 25 heavy (non-hydrogen) atoms. The van der Waals surface area contributed by atoms with E-state index in [2.05, 4.69) is 11.7 Å². The Hall–Kier alpha value is -3.21. The second kappa shape index (κ2) is 7.13. The maximum Gasteiger partial charge on any atom is 0.196 e. The molecule has 1 aromatic heterocycles. The molecule has 1 heterocycles. The molecule has 0 amide bonds. The van der Waals surface area contributed by atoms with Crippen LogP contribution in [0.15, 0.2) is 67.5 Å². The van der Waals surface area contributed by atoms with Crippen LogP contribution in [0.25, 0.3) is 11.4 Å². The molecule has 0 aliphatic heterocycles. The normalized spacial score (nSPS) is 10.5. The molecule has 3 rings (SSSR count). The number of benzene rings is 2. The van der Waals surface area contributed by atoms with Crippen molar-refractivity contribution in [2.45, 2.75) is 6.92 Å². The number of ether oxygens (including phenoxy) is 1. The summed E-state index contributed by atoms with van der Waals surface area (Å²) in [7, 11) is 0. The van der Waals surface area contributed by atoms with E-state index in [1.165, 1.54) is 23.0 Å². The molecule has 0 saturated carbocycles. The highest BCUT2D eigenvalue weighted by atomic mass is 19.1. The average Bonchev–Trinajstić information content (AvgIpc) is 3.12. The molecule has 0 spiro atoms. The third-order valence-electron chi connectivity index (χ3n) is 3.70. The van der Waals surface area contributed by atoms with E-state index in [1.807, 2.05) is 13.0 Å². The van der Waals surface area contributed by atoms with Gasteiger partial charge < -0.3 is 4.74 Å². The lowest BCUT2D eigenvalue weighted by Gasteiger charge is -2.08. The summed E-state index contributed by atoms with van der Waals surface area (Å²) in [5, 5.41) is 4.18. The molecular formula is C20H17FN2O2. The molecule has 0 aliphatic rings. The quantitative estimate of drug-likeness (QED) is 0.499. The second-order valence-corrected chi connectivity index (χ2v) is 5.42. The highest BCUT2D eigenvalue weighted by Crippen LogP contribution is 2.18. The van der Waals surface area contributed by atoms with Crippen molar-refractivity contribution in [2.24, 2.45) is 0 Å². The molecular weight excluding hydrogens is 319 g/mol. The van der Waals surface area contributed by atoms with Gasteiger partial charge in [0.2, 0.25) is 0 Å². The lowest BCUT2D eigenvalue weighted by Crippen LogP contribution is -2.01. The fraction of sp³-hybridized carbons (Fsp3) is 0.100. The van der Waals surface area contributed by atoms with Crippen LogP contribution in [-0.4, -0.2) is 22.2 Å². The van der Waals surface area contributed by atoms with Gasteiger partial charge >= 0.3 is 0 Å². The number of nitrogens with zero attached hydrogens (tertiary/aromatic N) is 2. The van der Waals surface area contributed by atoms with Crippen molar-refractivity contribution in [1.29, 1.82) is 0 Å². The Morgan fingerprint density at radius 1 is 1.16 bits per heavy atom. The summed E-state index contributed by atoms with van der Waals surface area (Å²) in [5.74, 6) is 0.0530. The summed E-state index contributed by atoms with van der Waals surface area (Å²) in [6, 6.07) is 13.0. The summed E-state index contributed by atoms with van der Waals surface area (Å²) >= 11 is 0. The molecule has 2 aromatic carbocycles. The number of carbonyl (C=O) groups is 1. The van der Waals surface area contributed by atoms with Gasteiger partial charge in [0.1, 0.15) is 11.6 Å². The minimum absolute atomic E-state index is 0.153. The van der Waals surface area contributed by atoms with Gasteiger partial charge in [-0.2, -0.15) is 5.10 Å². The zero-order chi connectivity index (χ0) is 17.8. The van der Waals surface area contributed by atoms with Crippen LogP contribution in [0.2, 0.25) is 0 Å². The summed E-state index contributed by atoms with van der Waals surface area (Å²) in [6.07, 6.45) is 3.12. The van der Waals surface area contributed by atoms with Gasteiger partial charge in [0.25, 0.3) is 0 Å². The van der Waals surface area contributed by atoms with E-state index in [-0.39, 0.29) is 11.6 Å². The smallest absolute Gasteiger partial charge is 0.196 e. The molecule has 0 radical (unpaired) electrons. The summed E-state index contributed by atoms with van der Waals surface area (Å²) < 4.78 is 19.9. The predicted octanol–water partition coefficient (Wildman–Crippen LogP) is 4.25. The molecule has 0 bridgehead atoms. The zero-order valence-electron chi connectivity index (χ0n) is 13.8.